The zero-order chi connectivity index (χ0) is 17.1. The number of aromatic nitrogens is 1. The first kappa shape index (κ1) is 15.9. The Bertz CT molecular complexity index is 756. The van der Waals surface area contributed by atoms with E-state index in [4.69, 9.17) is 0 Å². The van der Waals surface area contributed by atoms with E-state index in [-0.39, 0.29) is 5.91 Å². The first-order valence-electron chi connectivity index (χ1n) is 8.98. The van der Waals surface area contributed by atoms with Crippen LogP contribution in [0.3, 0.4) is 0 Å². The molecule has 0 spiro atoms. The largest absolute Gasteiger partial charge is 0.371 e. The van der Waals surface area contributed by atoms with Crippen molar-refractivity contribution in [1.82, 2.24) is 10.3 Å². The van der Waals surface area contributed by atoms with Crippen molar-refractivity contribution in [3.05, 3.63) is 72.1 Å². The number of rotatable bonds is 4. The van der Waals surface area contributed by atoms with Crippen LogP contribution in [0.2, 0.25) is 0 Å². The van der Waals surface area contributed by atoms with Crippen molar-refractivity contribution in [2.75, 3.05) is 18.0 Å². The second-order valence-corrected chi connectivity index (χ2v) is 6.94. The summed E-state index contributed by atoms with van der Waals surface area (Å²) in [7, 11) is 0. The number of nitrogens with one attached hydrogen (secondary N) is 1. The van der Waals surface area contributed by atoms with E-state index in [1.807, 2.05) is 42.5 Å². The molecule has 0 radical (unpaired) electrons. The molecule has 128 valence electrons. The van der Waals surface area contributed by atoms with E-state index < -0.39 is 0 Å². The van der Waals surface area contributed by atoms with Crippen LogP contribution in [0.5, 0.6) is 0 Å². The molecule has 1 aromatic carbocycles. The lowest BCUT2D eigenvalue weighted by Crippen LogP contribution is -2.25. The lowest BCUT2D eigenvalue weighted by molar-refractivity contribution is 0.0946. The van der Waals surface area contributed by atoms with Crippen molar-refractivity contribution in [3.63, 3.8) is 0 Å². The van der Waals surface area contributed by atoms with Crippen molar-refractivity contribution in [2.24, 2.45) is 11.8 Å². The molecule has 4 nitrogen and oxygen atoms in total. The number of carbonyl (C=O) groups is 1. The molecule has 1 saturated heterocycles. The highest BCUT2D eigenvalue weighted by atomic mass is 16.1. The second kappa shape index (κ2) is 7.09. The second-order valence-electron chi connectivity index (χ2n) is 6.94. The van der Waals surface area contributed by atoms with E-state index in [0.29, 0.717) is 12.2 Å². The number of amides is 1. The lowest BCUT2D eigenvalue weighted by Gasteiger charge is -2.19. The molecule has 1 fully saturated rings. The fraction of sp³-hybridized carbons (Fsp3) is 0.333. The summed E-state index contributed by atoms with van der Waals surface area (Å²) in [5.41, 5.74) is 2.68. The third kappa shape index (κ3) is 3.58. The zero-order valence-corrected chi connectivity index (χ0v) is 14.3. The van der Waals surface area contributed by atoms with E-state index in [1.165, 1.54) is 12.8 Å². The summed E-state index contributed by atoms with van der Waals surface area (Å²) in [6, 6.07) is 13.9. The fourth-order valence-electron chi connectivity index (χ4n) is 3.83. The summed E-state index contributed by atoms with van der Waals surface area (Å²) in [5.74, 6) is 1.37. The topological polar surface area (TPSA) is 45.2 Å². The van der Waals surface area contributed by atoms with Crippen molar-refractivity contribution < 1.29 is 4.79 Å². The normalized spacial score (nSPS) is 21.8. The Kier molecular flexibility index (Phi) is 4.51. The van der Waals surface area contributed by atoms with Gasteiger partial charge in [-0.2, -0.15) is 0 Å². The Labute approximate surface area is 148 Å². The molecule has 1 aliphatic heterocycles. The quantitative estimate of drug-likeness (QED) is 0.872. The summed E-state index contributed by atoms with van der Waals surface area (Å²) >= 11 is 0. The molecule has 4 rings (SSSR count). The molecule has 2 unspecified atom stereocenters. The number of fused-ring (bicyclic) bond motifs is 1. The van der Waals surface area contributed by atoms with E-state index in [0.717, 1.165) is 36.2 Å². The molecule has 1 N–H and O–H groups in total. The monoisotopic (exact) mass is 333 g/mol. The molecule has 2 atom stereocenters. The van der Waals surface area contributed by atoms with Gasteiger partial charge >= 0.3 is 0 Å². The van der Waals surface area contributed by atoms with Crippen LogP contribution in [0.15, 0.2) is 60.8 Å². The highest BCUT2D eigenvalue weighted by Gasteiger charge is 2.32. The predicted molar refractivity (Wildman–Crippen MR) is 99.4 cm³/mol. The average molecular weight is 333 g/mol. The number of anilines is 1. The third-order valence-electron chi connectivity index (χ3n) is 5.26. The zero-order valence-electron chi connectivity index (χ0n) is 14.3. The summed E-state index contributed by atoms with van der Waals surface area (Å²) in [6.45, 7) is 2.67. The molecular weight excluding hydrogens is 310 g/mol. The molecule has 2 aliphatic rings. The van der Waals surface area contributed by atoms with Gasteiger partial charge in [0, 0.05) is 31.5 Å². The highest BCUT2D eigenvalue weighted by Crippen LogP contribution is 2.35. The van der Waals surface area contributed by atoms with Gasteiger partial charge in [0.25, 0.3) is 5.91 Å². The number of hydrogen-bond acceptors (Lipinski definition) is 3. The lowest BCUT2D eigenvalue weighted by atomic mass is 9.86. The SMILES string of the molecule is O=C(NCc1ccccc1)c1cc(N2CC3CC=CCC3C2)ccn1. The molecule has 2 aromatic rings. The Morgan fingerprint density at radius 2 is 1.80 bits per heavy atom. The minimum atomic E-state index is -0.121. The van der Waals surface area contributed by atoms with Crippen LogP contribution in [0.1, 0.15) is 28.9 Å². The standard InChI is InChI=1S/C21H23N3O/c25-21(23-13-16-6-2-1-3-7-16)20-12-19(10-11-22-20)24-14-17-8-4-5-9-18(17)15-24/h1-7,10-12,17-18H,8-9,13-15H2,(H,23,25). The summed E-state index contributed by atoms with van der Waals surface area (Å²) in [6.07, 6.45) is 8.71. The molecule has 1 aromatic heterocycles. The van der Waals surface area contributed by atoms with Gasteiger partial charge in [0.2, 0.25) is 0 Å². The molecule has 2 heterocycles. The van der Waals surface area contributed by atoms with Crippen LogP contribution in [0, 0.1) is 11.8 Å². The van der Waals surface area contributed by atoms with Gasteiger partial charge in [-0.3, -0.25) is 9.78 Å². The third-order valence-corrected chi connectivity index (χ3v) is 5.26. The summed E-state index contributed by atoms with van der Waals surface area (Å²) in [5, 5.41) is 2.95. The first-order valence-corrected chi connectivity index (χ1v) is 8.98. The maximum Gasteiger partial charge on any atom is 0.270 e. The maximum absolute atomic E-state index is 12.4. The Morgan fingerprint density at radius 1 is 1.08 bits per heavy atom. The van der Waals surface area contributed by atoms with Crippen LogP contribution >= 0.6 is 0 Å². The number of benzene rings is 1. The molecule has 1 aliphatic carbocycles. The van der Waals surface area contributed by atoms with E-state index >= 15 is 0 Å². The van der Waals surface area contributed by atoms with Crippen LogP contribution in [0.4, 0.5) is 5.69 Å². The Hall–Kier alpha value is -2.62. The van der Waals surface area contributed by atoms with Crippen molar-refractivity contribution >= 4 is 11.6 Å². The molecule has 25 heavy (non-hydrogen) atoms. The fourth-order valence-corrected chi connectivity index (χ4v) is 3.83. The molecule has 4 heteroatoms. The van der Waals surface area contributed by atoms with Crippen LogP contribution < -0.4 is 10.2 Å². The molecule has 1 amide bonds. The molecule has 0 bridgehead atoms. The molecule has 0 saturated carbocycles. The number of carbonyl (C=O) groups excluding carboxylic acids is 1. The van der Waals surface area contributed by atoms with Gasteiger partial charge in [0.05, 0.1) is 0 Å². The summed E-state index contributed by atoms with van der Waals surface area (Å²) < 4.78 is 0. The van der Waals surface area contributed by atoms with Crippen LogP contribution in [-0.4, -0.2) is 24.0 Å². The van der Waals surface area contributed by atoms with Crippen molar-refractivity contribution in [3.8, 4) is 0 Å². The first-order chi connectivity index (χ1) is 12.3. The smallest absolute Gasteiger partial charge is 0.270 e. The van der Waals surface area contributed by atoms with E-state index in [1.54, 1.807) is 6.20 Å². The predicted octanol–water partition coefficient (Wildman–Crippen LogP) is 3.41. The van der Waals surface area contributed by atoms with Crippen molar-refractivity contribution in [2.45, 2.75) is 19.4 Å². The average Bonchev–Trinajstić information content (AvgIpc) is 3.11. The number of pyridine rings is 1. The minimum absolute atomic E-state index is 0.121. The summed E-state index contributed by atoms with van der Waals surface area (Å²) in [4.78, 5) is 19.1. The Morgan fingerprint density at radius 3 is 2.52 bits per heavy atom. The minimum Gasteiger partial charge on any atom is -0.371 e. The van der Waals surface area contributed by atoms with Crippen molar-refractivity contribution in [1.29, 1.82) is 0 Å². The number of nitrogens with zero attached hydrogens (tertiary/aromatic N) is 2. The number of allylic oxidation sites excluding steroid dienone is 2. The van der Waals surface area contributed by atoms with Gasteiger partial charge in [0.1, 0.15) is 5.69 Å². The molecular formula is C21H23N3O. The van der Waals surface area contributed by atoms with Gasteiger partial charge in [-0.05, 0) is 42.4 Å². The maximum atomic E-state index is 12.4. The highest BCUT2D eigenvalue weighted by molar-refractivity contribution is 5.93. The van der Waals surface area contributed by atoms with Crippen LogP contribution in [-0.2, 0) is 6.54 Å². The van der Waals surface area contributed by atoms with E-state index in [2.05, 4.69) is 27.4 Å². The van der Waals surface area contributed by atoms with Gasteiger partial charge in [0.15, 0.2) is 0 Å². The van der Waals surface area contributed by atoms with Gasteiger partial charge in [-0.1, -0.05) is 42.5 Å². The van der Waals surface area contributed by atoms with Crippen LogP contribution in [0.25, 0.3) is 0 Å². The number of hydrogen-bond donors (Lipinski definition) is 1. The van der Waals surface area contributed by atoms with E-state index in [9.17, 15) is 4.79 Å². The Balaban J connectivity index is 1.42. The van der Waals surface area contributed by atoms with Gasteiger partial charge < -0.3 is 10.2 Å². The van der Waals surface area contributed by atoms with Gasteiger partial charge in [-0.15, -0.1) is 0 Å². The van der Waals surface area contributed by atoms with Gasteiger partial charge in [-0.25, -0.2) is 0 Å².